The zero-order valence-electron chi connectivity index (χ0n) is 10.9. The third-order valence-corrected chi connectivity index (χ3v) is 3.66. The van der Waals surface area contributed by atoms with Gasteiger partial charge in [-0.05, 0) is 46.2 Å². The zero-order valence-corrected chi connectivity index (χ0v) is 10.9. The summed E-state index contributed by atoms with van der Waals surface area (Å²) >= 11 is 0. The Morgan fingerprint density at radius 1 is 1.41 bits per heavy atom. The molecule has 1 aromatic rings. The number of aromatic nitrogens is 1. The second kappa shape index (κ2) is 5.65. The second-order valence-electron chi connectivity index (χ2n) is 4.95. The van der Waals surface area contributed by atoms with E-state index < -0.39 is 0 Å². The predicted octanol–water partition coefficient (Wildman–Crippen LogP) is 1.99. The lowest BCUT2D eigenvalue weighted by Gasteiger charge is -2.34. The molecule has 0 saturated carbocycles. The maximum absolute atomic E-state index is 5.68. The van der Waals surface area contributed by atoms with Crippen LogP contribution in [-0.4, -0.2) is 29.0 Å². The van der Waals surface area contributed by atoms with E-state index >= 15 is 0 Å². The van der Waals surface area contributed by atoms with E-state index in [0.29, 0.717) is 6.04 Å². The number of nitrogens with zero attached hydrogens (tertiary/aromatic N) is 2. The van der Waals surface area contributed by atoms with Gasteiger partial charge in [0.1, 0.15) is 5.76 Å². The monoisotopic (exact) mass is 237 g/mol. The third kappa shape index (κ3) is 3.07. The third-order valence-electron chi connectivity index (χ3n) is 3.66. The van der Waals surface area contributed by atoms with Gasteiger partial charge in [-0.3, -0.25) is 4.90 Å². The number of hydrogen-bond acceptors (Lipinski definition) is 4. The maximum Gasteiger partial charge on any atom is 0.208 e. The molecular weight excluding hydrogens is 214 g/mol. The molecule has 1 saturated heterocycles. The SMILES string of the molecule is Cc1nc(CN2CCCCC2CCN)oc1C. The van der Waals surface area contributed by atoms with Crippen molar-refractivity contribution in [1.82, 2.24) is 9.88 Å². The highest BCUT2D eigenvalue weighted by Crippen LogP contribution is 2.22. The molecule has 0 bridgehead atoms. The minimum absolute atomic E-state index is 0.612. The molecule has 4 heteroatoms. The number of rotatable bonds is 4. The molecule has 4 nitrogen and oxygen atoms in total. The van der Waals surface area contributed by atoms with Crippen LogP contribution in [0.25, 0.3) is 0 Å². The summed E-state index contributed by atoms with van der Waals surface area (Å²) in [5, 5.41) is 0. The second-order valence-corrected chi connectivity index (χ2v) is 4.95. The van der Waals surface area contributed by atoms with E-state index in [1.165, 1.54) is 19.3 Å². The van der Waals surface area contributed by atoms with Gasteiger partial charge in [0.25, 0.3) is 0 Å². The van der Waals surface area contributed by atoms with E-state index in [4.69, 9.17) is 10.2 Å². The van der Waals surface area contributed by atoms with Crippen LogP contribution in [0.2, 0.25) is 0 Å². The summed E-state index contributed by atoms with van der Waals surface area (Å²) in [7, 11) is 0. The van der Waals surface area contributed by atoms with Gasteiger partial charge in [-0.2, -0.15) is 0 Å². The average Bonchev–Trinajstić information content (AvgIpc) is 2.61. The lowest BCUT2D eigenvalue weighted by atomic mass is 9.99. The van der Waals surface area contributed by atoms with Gasteiger partial charge < -0.3 is 10.2 Å². The first-order valence-electron chi connectivity index (χ1n) is 6.57. The first-order valence-corrected chi connectivity index (χ1v) is 6.57. The largest absolute Gasteiger partial charge is 0.444 e. The molecule has 0 aliphatic carbocycles. The molecule has 1 aliphatic rings. The Morgan fingerprint density at radius 2 is 2.24 bits per heavy atom. The maximum atomic E-state index is 5.68. The Bertz CT molecular complexity index is 340. The predicted molar refractivity (Wildman–Crippen MR) is 67.7 cm³/mol. The van der Waals surface area contributed by atoms with Crippen molar-refractivity contribution in [2.45, 2.75) is 52.1 Å². The number of likely N-dealkylation sites (tertiary alicyclic amines) is 1. The Hall–Kier alpha value is -0.870. The van der Waals surface area contributed by atoms with E-state index in [9.17, 15) is 0 Å². The molecule has 0 spiro atoms. The molecule has 2 N–H and O–H groups in total. The molecule has 0 radical (unpaired) electrons. The molecular formula is C13H23N3O. The van der Waals surface area contributed by atoms with Gasteiger partial charge in [-0.1, -0.05) is 6.42 Å². The molecule has 0 aromatic carbocycles. The molecule has 17 heavy (non-hydrogen) atoms. The Morgan fingerprint density at radius 3 is 2.88 bits per heavy atom. The first kappa shape index (κ1) is 12.6. The standard InChI is InChI=1S/C13H23N3O/c1-10-11(2)17-13(15-10)9-16-8-4-3-5-12(16)6-7-14/h12H,3-9,14H2,1-2H3. The summed E-state index contributed by atoms with van der Waals surface area (Å²) in [4.78, 5) is 6.93. The van der Waals surface area contributed by atoms with Crippen LogP contribution in [0.5, 0.6) is 0 Å². The van der Waals surface area contributed by atoms with Crippen molar-refractivity contribution in [1.29, 1.82) is 0 Å². The summed E-state index contributed by atoms with van der Waals surface area (Å²) in [5.74, 6) is 1.79. The van der Waals surface area contributed by atoms with Crippen LogP contribution >= 0.6 is 0 Å². The van der Waals surface area contributed by atoms with Gasteiger partial charge in [-0.15, -0.1) is 0 Å². The van der Waals surface area contributed by atoms with Gasteiger partial charge in [-0.25, -0.2) is 4.98 Å². The van der Waals surface area contributed by atoms with E-state index in [2.05, 4.69) is 9.88 Å². The minimum atomic E-state index is 0.612. The van der Waals surface area contributed by atoms with Gasteiger partial charge >= 0.3 is 0 Å². The van der Waals surface area contributed by atoms with Gasteiger partial charge in [0.05, 0.1) is 12.2 Å². The van der Waals surface area contributed by atoms with Crippen LogP contribution in [-0.2, 0) is 6.54 Å². The molecule has 96 valence electrons. The summed E-state index contributed by atoms with van der Waals surface area (Å²) in [6.45, 7) is 6.71. The number of piperidine rings is 1. The van der Waals surface area contributed by atoms with Crippen molar-refractivity contribution in [3.63, 3.8) is 0 Å². The van der Waals surface area contributed by atoms with E-state index in [0.717, 1.165) is 43.4 Å². The van der Waals surface area contributed by atoms with Crippen LogP contribution in [0.1, 0.15) is 43.0 Å². The fourth-order valence-corrected chi connectivity index (χ4v) is 2.57. The molecule has 1 aromatic heterocycles. The molecule has 0 amide bonds. The number of oxazole rings is 1. The summed E-state index contributed by atoms with van der Waals surface area (Å²) in [5.41, 5.74) is 6.68. The Balaban J connectivity index is 2.00. The lowest BCUT2D eigenvalue weighted by Crippen LogP contribution is -2.40. The molecule has 1 atom stereocenters. The Labute approximate surface area is 103 Å². The number of aryl methyl sites for hydroxylation is 2. The highest BCUT2D eigenvalue weighted by atomic mass is 16.4. The topological polar surface area (TPSA) is 55.3 Å². The van der Waals surface area contributed by atoms with Crippen molar-refractivity contribution in [2.24, 2.45) is 5.73 Å². The number of hydrogen-bond donors (Lipinski definition) is 1. The van der Waals surface area contributed by atoms with Gasteiger partial charge in [0.15, 0.2) is 0 Å². The van der Waals surface area contributed by atoms with Crippen molar-refractivity contribution in [3.05, 3.63) is 17.3 Å². The van der Waals surface area contributed by atoms with Crippen LogP contribution in [0.3, 0.4) is 0 Å². The normalized spacial score (nSPS) is 21.9. The summed E-state index contributed by atoms with van der Waals surface area (Å²) < 4.78 is 5.66. The lowest BCUT2D eigenvalue weighted by molar-refractivity contribution is 0.122. The van der Waals surface area contributed by atoms with Crippen LogP contribution in [0.4, 0.5) is 0 Å². The van der Waals surface area contributed by atoms with E-state index in [1.54, 1.807) is 0 Å². The highest BCUT2D eigenvalue weighted by molar-refractivity contribution is 5.05. The van der Waals surface area contributed by atoms with E-state index in [1.807, 2.05) is 13.8 Å². The highest BCUT2D eigenvalue weighted by Gasteiger charge is 2.23. The van der Waals surface area contributed by atoms with Gasteiger partial charge in [0.2, 0.25) is 5.89 Å². The van der Waals surface area contributed by atoms with Gasteiger partial charge in [0, 0.05) is 6.04 Å². The molecule has 1 fully saturated rings. The zero-order chi connectivity index (χ0) is 12.3. The minimum Gasteiger partial charge on any atom is -0.444 e. The van der Waals surface area contributed by atoms with Crippen molar-refractivity contribution in [2.75, 3.05) is 13.1 Å². The van der Waals surface area contributed by atoms with Crippen LogP contribution in [0, 0.1) is 13.8 Å². The van der Waals surface area contributed by atoms with Crippen LogP contribution < -0.4 is 5.73 Å². The molecule has 2 heterocycles. The van der Waals surface area contributed by atoms with Crippen molar-refractivity contribution >= 4 is 0 Å². The Kier molecular flexibility index (Phi) is 4.18. The quantitative estimate of drug-likeness (QED) is 0.870. The molecule has 1 unspecified atom stereocenters. The van der Waals surface area contributed by atoms with Crippen LogP contribution in [0.15, 0.2) is 4.42 Å². The average molecular weight is 237 g/mol. The molecule has 1 aliphatic heterocycles. The van der Waals surface area contributed by atoms with Crippen molar-refractivity contribution < 1.29 is 4.42 Å². The van der Waals surface area contributed by atoms with E-state index in [-0.39, 0.29) is 0 Å². The number of nitrogens with two attached hydrogens (primary N) is 1. The van der Waals surface area contributed by atoms with Crippen molar-refractivity contribution in [3.8, 4) is 0 Å². The smallest absolute Gasteiger partial charge is 0.208 e. The first-order chi connectivity index (χ1) is 8.20. The summed E-state index contributed by atoms with van der Waals surface area (Å²) in [6.07, 6.45) is 4.94. The molecule has 2 rings (SSSR count). The fraction of sp³-hybridized carbons (Fsp3) is 0.769. The summed E-state index contributed by atoms with van der Waals surface area (Å²) in [6, 6.07) is 0.612. The fourth-order valence-electron chi connectivity index (χ4n) is 2.57.